The molecule has 0 fully saturated rings. The molecule has 4 nitrogen and oxygen atoms in total. The van der Waals surface area contributed by atoms with Gasteiger partial charge in [0.1, 0.15) is 5.01 Å². The fourth-order valence-corrected chi connectivity index (χ4v) is 6.35. The molecule has 0 atom stereocenters. The van der Waals surface area contributed by atoms with Crippen LogP contribution in [0.4, 0.5) is 11.4 Å². The average Bonchev–Trinajstić information content (AvgIpc) is 3.52. The van der Waals surface area contributed by atoms with Crippen LogP contribution in [0.3, 0.4) is 0 Å². The molecule has 0 bridgehead atoms. The summed E-state index contributed by atoms with van der Waals surface area (Å²) in [5, 5.41) is 19.6. The van der Waals surface area contributed by atoms with E-state index in [-0.39, 0.29) is 0 Å². The monoisotopic (exact) mass is 580 g/mol. The maximum Gasteiger partial charge on any atom is 0.124 e. The summed E-state index contributed by atoms with van der Waals surface area (Å²) < 4.78 is 1.15. The first kappa shape index (κ1) is 26.9. The average molecular weight is 581 g/mol. The third-order valence-electron chi connectivity index (χ3n) is 7.67. The number of fused-ring (bicyclic) bond motifs is 2. The van der Waals surface area contributed by atoms with Crippen molar-refractivity contribution in [2.24, 2.45) is 0 Å². The van der Waals surface area contributed by atoms with Gasteiger partial charge >= 0.3 is 0 Å². The van der Waals surface area contributed by atoms with Crippen molar-refractivity contribution >= 4 is 38.5 Å². The van der Waals surface area contributed by atoms with Crippen LogP contribution in [0, 0.1) is 22.7 Å². The topological polar surface area (TPSA) is 63.7 Å². The van der Waals surface area contributed by atoms with Gasteiger partial charge in [0.15, 0.2) is 0 Å². The molecule has 1 aliphatic rings. The maximum atomic E-state index is 9.34. The molecule has 1 aromatic heterocycles. The second kappa shape index (κ2) is 11.3. The lowest BCUT2D eigenvalue weighted by Gasteiger charge is -2.26. The van der Waals surface area contributed by atoms with Gasteiger partial charge in [-0.3, -0.25) is 0 Å². The van der Waals surface area contributed by atoms with E-state index in [1.807, 2.05) is 91.2 Å². The van der Waals surface area contributed by atoms with Crippen LogP contribution < -0.4 is 4.90 Å². The van der Waals surface area contributed by atoms with Gasteiger partial charge in [-0.2, -0.15) is 10.5 Å². The second-order valence-corrected chi connectivity index (χ2v) is 11.5. The molecular weight excluding hydrogens is 557 g/mol. The Labute approximate surface area is 260 Å². The lowest BCUT2D eigenvalue weighted by Crippen LogP contribution is -2.11. The zero-order valence-corrected chi connectivity index (χ0v) is 24.4. The molecule has 206 valence electrons. The number of anilines is 2. The number of allylic oxidation sites excluding steroid dienone is 4. The van der Waals surface area contributed by atoms with E-state index in [4.69, 9.17) is 4.98 Å². The molecular formula is C39H24N4S. The van der Waals surface area contributed by atoms with Gasteiger partial charge in [0.25, 0.3) is 0 Å². The predicted octanol–water partition coefficient (Wildman–Crippen LogP) is 10.3. The first-order valence-corrected chi connectivity index (χ1v) is 14.9. The third kappa shape index (κ3) is 5.10. The summed E-state index contributed by atoms with van der Waals surface area (Å²) >= 11 is 1.68. The molecule has 0 spiro atoms. The highest BCUT2D eigenvalue weighted by molar-refractivity contribution is 7.21. The molecule has 6 aromatic rings. The van der Waals surface area contributed by atoms with Crippen LogP contribution in [0.15, 0.2) is 140 Å². The molecule has 0 saturated heterocycles. The van der Waals surface area contributed by atoms with Crippen LogP contribution in [-0.4, -0.2) is 4.98 Å². The second-order valence-electron chi connectivity index (χ2n) is 10.5. The highest BCUT2D eigenvalue weighted by Gasteiger charge is 2.17. The maximum absolute atomic E-state index is 9.34. The molecule has 0 unspecified atom stereocenters. The van der Waals surface area contributed by atoms with Crippen molar-refractivity contribution in [2.45, 2.75) is 0 Å². The van der Waals surface area contributed by atoms with E-state index in [2.05, 4.69) is 66.1 Å². The van der Waals surface area contributed by atoms with E-state index >= 15 is 0 Å². The SMILES string of the molecule is C=C1/C=C\C=C/N(c2ccc(C#N)cc2)c2ccc(-c3cc(-c4ccc(C#N)cc4)cc(-c4nc5ccccc5s4)c3)cc21. The van der Waals surface area contributed by atoms with E-state index in [0.717, 1.165) is 65.6 Å². The summed E-state index contributed by atoms with van der Waals surface area (Å²) in [6.45, 7) is 4.39. The Hall–Kier alpha value is -6.01. The quantitative estimate of drug-likeness (QED) is 0.208. The zero-order valence-electron chi connectivity index (χ0n) is 23.6. The number of hydrogen-bond donors (Lipinski definition) is 0. The van der Waals surface area contributed by atoms with Crippen molar-refractivity contribution in [3.05, 3.63) is 157 Å². The first-order chi connectivity index (χ1) is 21.6. The lowest BCUT2D eigenvalue weighted by molar-refractivity contribution is 1.27. The van der Waals surface area contributed by atoms with Crippen molar-refractivity contribution in [2.75, 3.05) is 4.90 Å². The van der Waals surface area contributed by atoms with Gasteiger partial charge < -0.3 is 4.90 Å². The highest BCUT2D eigenvalue weighted by atomic mass is 32.1. The number of benzene rings is 5. The molecule has 44 heavy (non-hydrogen) atoms. The summed E-state index contributed by atoms with van der Waals surface area (Å²) in [5.74, 6) is 0. The van der Waals surface area contributed by atoms with Gasteiger partial charge in [0.05, 0.1) is 39.2 Å². The zero-order chi connectivity index (χ0) is 30.0. The molecule has 2 heterocycles. The Morgan fingerprint density at radius 3 is 2.05 bits per heavy atom. The first-order valence-electron chi connectivity index (χ1n) is 14.1. The molecule has 5 heteroatoms. The summed E-state index contributed by atoms with van der Waals surface area (Å²) in [6.07, 6.45) is 8.03. The van der Waals surface area contributed by atoms with Crippen molar-refractivity contribution in [3.8, 4) is 45.0 Å². The highest BCUT2D eigenvalue weighted by Crippen LogP contribution is 2.40. The Bertz CT molecular complexity index is 2170. The number of rotatable bonds is 4. The van der Waals surface area contributed by atoms with Crippen LogP contribution in [0.1, 0.15) is 16.7 Å². The number of nitrogens with zero attached hydrogens (tertiary/aromatic N) is 4. The summed E-state index contributed by atoms with van der Waals surface area (Å²) in [7, 11) is 0. The number of aromatic nitrogens is 1. The normalized spacial score (nSPS) is 13.8. The molecule has 1 aliphatic heterocycles. The minimum Gasteiger partial charge on any atom is -0.317 e. The largest absolute Gasteiger partial charge is 0.317 e. The van der Waals surface area contributed by atoms with Crippen molar-refractivity contribution in [1.82, 2.24) is 4.98 Å². The van der Waals surface area contributed by atoms with Gasteiger partial charge in [0.2, 0.25) is 0 Å². The Morgan fingerprint density at radius 2 is 1.32 bits per heavy atom. The van der Waals surface area contributed by atoms with E-state index in [1.165, 1.54) is 0 Å². The van der Waals surface area contributed by atoms with Gasteiger partial charge in [-0.25, -0.2) is 4.98 Å². The molecule has 0 amide bonds. The predicted molar refractivity (Wildman–Crippen MR) is 181 cm³/mol. The van der Waals surface area contributed by atoms with Crippen molar-refractivity contribution in [1.29, 1.82) is 10.5 Å². The molecule has 5 aromatic carbocycles. The van der Waals surface area contributed by atoms with Gasteiger partial charge in [-0.1, -0.05) is 49.1 Å². The van der Waals surface area contributed by atoms with Crippen LogP contribution in [-0.2, 0) is 0 Å². The van der Waals surface area contributed by atoms with E-state index < -0.39 is 0 Å². The lowest BCUT2D eigenvalue weighted by atomic mass is 9.93. The molecule has 0 radical (unpaired) electrons. The van der Waals surface area contributed by atoms with Crippen LogP contribution in [0.2, 0.25) is 0 Å². The fourth-order valence-electron chi connectivity index (χ4n) is 5.40. The van der Waals surface area contributed by atoms with Crippen molar-refractivity contribution in [3.63, 3.8) is 0 Å². The Kier molecular flexibility index (Phi) is 6.93. The smallest absolute Gasteiger partial charge is 0.124 e. The van der Waals surface area contributed by atoms with Crippen LogP contribution >= 0.6 is 11.3 Å². The standard InChI is InChI=1S/C39H24N4S/c1-26-6-4-5-19-43(34-16-11-28(25-41)12-17-34)37-18-15-30(23-35(26)37)32-20-31(29-13-9-27(24-40)10-14-29)21-33(22-32)39-42-36-7-2-3-8-38(36)44-39/h2-23H,1H2/b6-4-,19-5-. The van der Waals surface area contributed by atoms with Crippen LogP contribution in [0.5, 0.6) is 0 Å². The summed E-state index contributed by atoms with van der Waals surface area (Å²) in [5.41, 5.74) is 11.3. The molecule has 0 aliphatic carbocycles. The van der Waals surface area contributed by atoms with E-state index in [1.54, 1.807) is 11.3 Å². The van der Waals surface area contributed by atoms with E-state index in [0.29, 0.717) is 11.1 Å². The Balaban J connectivity index is 1.38. The number of nitriles is 2. The van der Waals surface area contributed by atoms with Gasteiger partial charge in [0, 0.05) is 23.0 Å². The molecule has 7 rings (SSSR count). The van der Waals surface area contributed by atoms with E-state index in [9.17, 15) is 10.5 Å². The van der Waals surface area contributed by atoms with Gasteiger partial charge in [-0.05, 0) is 113 Å². The van der Waals surface area contributed by atoms with Crippen molar-refractivity contribution < 1.29 is 0 Å². The molecule has 0 saturated carbocycles. The Morgan fingerprint density at radius 1 is 0.659 bits per heavy atom. The summed E-state index contributed by atoms with van der Waals surface area (Å²) in [4.78, 5) is 7.08. The number of para-hydroxylation sites is 1. The molecule has 0 N–H and O–H groups in total. The minimum absolute atomic E-state index is 0.621. The summed E-state index contributed by atoms with van der Waals surface area (Å²) in [6, 6.07) is 40.9. The number of hydrogen-bond acceptors (Lipinski definition) is 5. The number of thiazole rings is 1. The van der Waals surface area contributed by atoms with Gasteiger partial charge in [-0.15, -0.1) is 11.3 Å². The minimum atomic E-state index is 0.621. The fraction of sp³-hybridized carbons (Fsp3) is 0. The van der Waals surface area contributed by atoms with Crippen LogP contribution in [0.25, 0.3) is 48.6 Å². The third-order valence-corrected chi connectivity index (χ3v) is 8.76.